The minimum absolute atomic E-state index is 0.121. The lowest BCUT2D eigenvalue weighted by Gasteiger charge is -2.33. The fourth-order valence-corrected chi connectivity index (χ4v) is 5.02. The van der Waals surface area contributed by atoms with Gasteiger partial charge in [0.2, 0.25) is 5.91 Å². The Morgan fingerprint density at radius 2 is 1.81 bits per heavy atom. The van der Waals surface area contributed by atoms with Gasteiger partial charge in [-0.25, -0.2) is 8.78 Å². The Labute approximate surface area is 208 Å². The summed E-state index contributed by atoms with van der Waals surface area (Å²) in [4.78, 5) is 33.0. The molecule has 0 bridgehead atoms. The number of carbonyl (C=O) groups excluding carboxylic acids is 2. The first kappa shape index (κ1) is 24.8. The first-order valence-corrected chi connectivity index (χ1v) is 11.7. The number of benzene rings is 1. The predicted octanol–water partition coefficient (Wildman–Crippen LogP) is 4.21. The van der Waals surface area contributed by atoms with E-state index in [9.17, 15) is 31.5 Å². The number of alkyl halides is 3. The van der Waals surface area contributed by atoms with Crippen LogP contribution in [0.1, 0.15) is 57.2 Å². The number of piperidine rings is 1. The van der Waals surface area contributed by atoms with Crippen LogP contribution in [0.15, 0.2) is 36.7 Å². The summed E-state index contributed by atoms with van der Waals surface area (Å²) < 4.78 is 67.9. The SMILES string of the molecule is O=C(Cc1cccnc1)N1Cc2[nH]nc(C(=O)N3CCC(c4ccc(F)c(F)c4C(F)(F)F)CC3)c2C1. The molecule has 1 saturated heterocycles. The molecule has 194 valence electrons. The average molecular weight is 519 g/mol. The number of likely N-dealkylation sites (tertiary alicyclic amines) is 1. The van der Waals surface area contributed by atoms with Gasteiger partial charge in [-0.15, -0.1) is 0 Å². The van der Waals surface area contributed by atoms with Crippen LogP contribution in [-0.4, -0.2) is 49.9 Å². The summed E-state index contributed by atoms with van der Waals surface area (Å²) in [5, 5.41) is 6.95. The van der Waals surface area contributed by atoms with E-state index < -0.39 is 29.3 Å². The Morgan fingerprint density at radius 3 is 2.49 bits per heavy atom. The lowest BCUT2D eigenvalue weighted by Crippen LogP contribution is -2.39. The van der Waals surface area contributed by atoms with Gasteiger partial charge in [0.1, 0.15) is 0 Å². The van der Waals surface area contributed by atoms with Gasteiger partial charge in [-0.05, 0) is 42.0 Å². The summed E-state index contributed by atoms with van der Waals surface area (Å²) in [6, 6.07) is 5.22. The van der Waals surface area contributed by atoms with Crippen LogP contribution in [0.25, 0.3) is 0 Å². The lowest BCUT2D eigenvalue weighted by atomic mass is 9.86. The van der Waals surface area contributed by atoms with Crippen molar-refractivity contribution in [2.75, 3.05) is 13.1 Å². The summed E-state index contributed by atoms with van der Waals surface area (Å²) >= 11 is 0. The molecule has 12 heteroatoms. The highest BCUT2D eigenvalue weighted by Crippen LogP contribution is 2.41. The zero-order valence-electron chi connectivity index (χ0n) is 19.5. The summed E-state index contributed by atoms with van der Waals surface area (Å²) in [6.07, 6.45) is -1.32. The Hall–Kier alpha value is -3.83. The molecule has 1 fully saturated rings. The van der Waals surface area contributed by atoms with E-state index in [0.29, 0.717) is 17.3 Å². The van der Waals surface area contributed by atoms with E-state index in [2.05, 4.69) is 15.2 Å². The molecule has 2 aliphatic rings. The number of pyridine rings is 1. The van der Waals surface area contributed by atoms with E-state index in [-0.39, 0.29) is 68.5 Å². The van der Waals surface area contributed by atoms with E-state index in [1.165, 1.54) is 4.90 Å². The van der Waals surface area contributed by atoms with Crippen LogP contribution in [0.4, 0.5) is 22.0 Å². The molecule has 7 nitrogen and oxygen atoms in total. The molecule has 0 unspecified atom stereocenters. The highest BCUT2D eigenvalue weighted by molar-refractivity contribution is 5.94. The molecular weight excluding hydrogens is 497 g/mol. The smallest absolute Gasteiger partial charge is 0.337 e. The van der Waals surface area contributed by atoms with Gasteiger partial charge in [0, 0.05) is 31.0 Å². The first-order valence-electron chi connectivity index (χ1n) is 11.7. The van der Waals surface area contributed by atoms with Gasteiger partial charge in [0.25, 0.3) is 5.91 Å². The van der Waals surface area contributed by atoms with Crippen LogP contribution in [0.2, 0.25) is 0 Å². The molecule has 0 atom stereocenters. The molecular formula is C25H22F5N5O2. The number of halogens is 5. The number of rotatable bonds is 4. The highest BCUT2D eigenvalue weighted by atomic mass is 19.4. The monoisotopic (exact) mass is 519 g/mol. The maximum atomic E-state index is 14.0. The van der Waals surface area contributed by atoms with Crippen molar-refractivity contribution in [1.82, 2.24) is 25.0 Å². The molecule has 4 heterocycles. The molecule has 0 aliphatic carbocycles. The number of hydrogen-bond acceptors (Lipinski definition) is 4. The minimum atomic E-state index is -5.04. The number of H-pyrrole nitrogens is 1. The van der Waals surface area contributed by atoms with Gasteiger partial charge in [0.15, 0.2) is 17.3 Å². The van der Waals surface area contributed by atoms with Crippen LogP contribution < -0.4 is 0 Å². The van der Waals surface area contributed by atoms with Crippen molar-refractivity contribution in [1.29, 1.82) is 0 Å². The van der Waals surface area contributed by atoms with Crippen LogP contribution >= 0.6 is 0 Å². The standard InChI is InChI=1S/C25H22F5N5O2/c26-18-4-3-16(21(22(18)27)25(28,29)30)15-5-8-34(9-6-15)24(37)23-17-12-35(13-19(17)32-33-23)20(36)10-14-2-1-7-31-11-14/h1-4,7,11,15H,5-6,8-10,12-13H2,(H,32,33). The van der Waals surface area contributed by atoms with Crippen LogP contribution in [0.3, 0.4) is 0 Å². The largest absolute Gasteiger partial charge is 0.419 e. The third kappa shape index (κ3) is 4.79. The number of nitrogens with one attached hydrogen (secondary N) is 1. The summed E-state index contributed by atoms with van der Waals surface area (Å²) in [6.45, 7) is 0.759. The van der Waals surface area contributed by atoms with E-state index >= 15 is 0 Å². The second-order valence-electron chi connectivity index (χ2n) is 9.21. The van der Waals surface area contributed by atoms with Gasteiger partial charge < -0.3 is 9.80 Å². The Morgan fingerprint density at radius 1 is 1.05 bits per heavy atom. The van der Waals surface area contributed by atoms with Gasteiger partial charge >= 0.3 is 6.18 Å². The minimum Gasteiger partial charge on any atom is -0.337 e. The normalized spacial score (nSPS) is 16.2. The maximum absolute atomic E-state index is 14.0. The molecule has 5 rings (SSSR count). The molecule has 2 aliphatic heterocycles. The number of aromatic amines is 1. The second kappa shape index (κ2) is 9.56. The maximum Gasteiger partial charge on any atom is 0.419 e. The van der Waals surface area contributed by atoms with Crippen molar-refractivity contribution in [3.63, 3.8) is 0 Å². The Bertz CT molecular complexity index is 1330. The van der Waals surface area contributed by atoms with Gasteiger partial charge in [-0.3, -0.25) is 19.7 Å². The van der Waals surface area contributed by atoms with E-state index in [1.807, 2.05) is 0 Å². The van der Waals surface area contributed by atoms with Gasteiger partial charge in [0.05, 0.1) is 30.8 Å². The number of fused-ring (bicyclic) bond motifs is 1. The number of carbonyl (C=O) groups is 2. The van der Waals surface area contributed by atoms with E-state index in [0.717, 1.165) is 11.6 Å². The molecule has 2 amide bonds. The van der Waals surface area contributed by atoms with E-state index in [4.69, 9.17) is 0 Å². The predicted molar refractivity (Wildman–Crippen MR) is 120 cm³/mol. The first-order chi connectivity index (χ1) is 17.6. The van der Waals surface area contributed by atoms with Gasteiger partial charge in [-0.1, -0.05) is 12.1 Å². The van der Waals surface area contributed by atoms with Crippen molar-refractivity contribution in [2.24, 2.45) is 0 Å². The number of aromatic nitrogens is 3. The van der Waals surface area contributed by atoms with Crippen LogP contribution in [-0.2, 0) is 30.5 Å². The molecule has 0 saturated carbocycles. The van der Waals surface area contributed by atoms with Crippen LogP contribution in [0.5, 0.6) is 0 Å². The molecule has 3 aromatic rings. The van der Waals surface area contributed by atoms with E-state index in [1.54, 1.807) is 29.4 Å². The molecule has 0 radical (unpaired) electrons. The van der Waals surface area contributed by atoms with Crippen molar-refractivity contribution in [2.45, 2.75) is 44.4 Å². The van der Waals surface area contributed by atoms with Crippen LogP contribution in [0, 0.1) is 11.6 Å². The second-order valence-corrected chi connectivity index (χ2v) is 9.21. The molecule has 1 aromatic carbocycles. The fraction of sp³-hybridized carbons (Fsp3) is 0.360. The molecule has 37 heavy (non-hydrogen) atoms. The number of amides is 2. The zero-order valence-corrected chi connectivity index (χ0v) is 19.5. The van der Waals surface area contributed by atoms with Crippen molar-refractivity contribution in [3.05, 3.63) is 81.9 Å². The number of nitrogens with zero attached hydrogens (tertiary/aromatic N) is 4. The summed E-state index contributed by atoms with van der Waals surface area (Å²) in [5.41, 5.74) is 0.338. The van der Waals surface area contributed by atoms with Crippen molar-refractivity contribution >= 4 is 11.8 Å². The third-order valence-electron chi connectivity index (χ3n) is 6.92. The summed E-state index contributed by atoms with van der Waals surface area (Å²) in [7, 11) is 0. The highest BCUT2D eigenvalue weighted by Gasteiger charge is 2.41. The summed E-state index contributed by atoms with van der Waals surface area (Å²) in [5.74, 6) is -4.65. The molecule has 0 spiro atoms. The fourth-order valence-electron chi connectivity index (χ4n) is 5.02. The third-order valence-corrected chi connectivity index (χ3v) is 6.92. The van der Waals surface area contributed by atoms with Crippen molar-refractivity contribution in [3.8, 4) is 0 Å². The molecule has 2 aromatic heterocycles. The number of hydrogen-bond donors (Lipinski definition) is 1. The molecule has 1 N–H and O–H groups in total. The Kier molecular flexibility index (Phi) is 6.42. The topological polar surface area (TPSA) is 82.2 Å². The van der Waals surface area contributed by atoms with Crippen molar-refractivity contribution < 1.29 is 31.5 Å². The van der Waals surface area contributed by atoms with Gasteiger partial charge in [-0.2, -0.15) is 18.3 Å². The average Bonchev–Trinajstić information content (AvgIpc) is 3.46. The lowest BCUT2D eigenvalue weighted by molar-refractivity contribution is -0.141. The quantitative estimate of drug-likeness (QED) is 0.524. The zero-order chi connectivity index (χ0) is 26.3. The Balaban J connectivity index is 1.25.